The third-order valence-corrected chi connectivity index (χ3v) is 18.7. The lowest BCUT2D eigenvalue weighted by atomic mass is 9.96. The number of hydrogen-bond donors (Lipinski definition) is 12. The van der Waals surface area contributed by atoms with Crippen molar-refractivity contribution in [1.29, 1.82) is 0 Å². The minimum absolute atomic E-state index is 0.245. The molecule has 0 aliphatic carbocycles. The highest BCUT2D eigenvalue weighted by atomic mass is 16.8. The third-order valence-electron chi connectivity index (χ3n) is 18.7. The Kier molecular flexibility index (Phi) is 50.3. The minimum atomic E-state index is -1.98. The van der Waals surface area contributed by atoms with Crippen molar-refractivity contribution in [3.05, 3.63) is 36.5 Å². The zero-order valence-corrected chi connectivity index (χ0v) is 57.3. The van der Waals surface area contributed by atoms with E-state index in [0.717, 1.165) is 51.4 Å². The van der Waals surface area contributed by atoms with E-state index in [0.29, 0.717) is 6.42 Å². The molecular formula is C73H135NO18. The van der Waals surface area contributed by atoms with Crippen LogP contribution in [0.2, 0.25) is 0 Å². The molecule has 0 aromatic heterocycles. The van der Waals surface area contributed by atoms with Crippen LogP contribution in [0.4, 0.5) is 0 Å². The van der Waals surface area contributed by atoms with Crippen molar-refractivity contribution in [1.82, 2.24) is 5.32 Å². The van der Waals surface area contributed by atoms with Crippen LogP contribution in [0.15, 0.2) is 36.5 Å². The second-order valence-corrected chi connectivity index (χ2v) is 26.8. The number of allylic oxidation sites excluding steroid dienone is 5. The SMILES string of the molecule is CCCCCCC/C=C\C/C=C\CCCCCCCCCCCCCCCCCC(=O)NC(COC1OC(CO)C(OC2OC(CO)C(OC3OC(CO)C(O)C(O)C3O)C(O)C2O)C(O)C1O)C(O)/C=C/CCCCCCCCCCCCCCCCCCCC. The molecule has 17 atom stereocenters. The summed E-state index contributed by atoms with van der Waals surface area (Å²) in [6.45, 7) is 1.76. The molecule has 12 N–H and O–H groups in total. The van der Waals surface area contributed by atoms with Crippen LogP contribution < -0.4 is 5.32 Å². The van der Waals surface area contributed by atoms with E-state index in [2.05, 4.69) is 43.5 Å². The molecule has 92 heavy (non-hydrogen) atoms. The number of aliphatic hydroxyl groups is 11. The number of carbonyl (C=O) groups excluding carboxylic acids is 1. The van der Waals surface area contributed by atoms with Crippen molar-refractivity contribution in [2.24, 2.45) is 0 Å². The van der Waals surface area contributed by atoms with Gasteiger partial charge in [0.15, 0.2) is 18.9 Å². The van der Waals surface area contributed by atoms with Gasteiger partial charge in [-0.3, -0.25) is 4.79 Å². The van der Waals surface area contributed by atoms with Gasteiger partial charge >= 0.3 is 0 Å². The van der Waals surface area contributed by atoms with Gasteiger partial charge in [0.25, 0.3) is 0 Å². The first-order chi connectivity index (χ1) is 44.8. The smallest absolute Gasteiger partial charge is 0.220 e. The normalized spacial score (nSPS) is 27.9. The summed E-state index contributed by atoms with van der Waals surface area (Å²) < 4.78 is 34.4. The first-order valence-electron chi connectivity index (χ1n) is 37.2. The Morgan fingerprint density at radius 3 is 1.11 bits per heavy atom. The Hall–Kier alpha value is -1.99. The highest BCUT2D eigenvalue weighted by Gasteiger charge is 2.53. The van der Waals surface area contributed by atoms with E-state index in [1.807, 2.05) is 6.08 Å². The van der Waals surface area contributed by atoms with Crippen LogP contribution in [0.25, 0.3) is 0 Å². The molecule has 3 heterocycles. The zero-order chi connectivity index (χ0) is 66.8. The van der Waals surface area contributed by atoms with Gasteiger partial charge < -0.3 is 89.9 Å². The fourth-order valence-electron chi connectivity index (χ4n) is 12.6. The van der Waals surface area contributed by atoms with Crippen LogP contribution in [0.5, 0.6) is 0 Å². The maximum atomic E-state index is 13.4. The van der Waals surface area contributed by atoms with Crippen LogP contribution in [0.3, 0.4) is 0 Å². The predicted molar refractivity (Wildman–Crippen MR) is 360 cm³/mol. The molecule has 19 heteroatoms. The standard InChI is InChI=1S/C73H135NO18/c1-3-5-7-9-11-13-15-17-19-21-23-25-26-27-28-29-30-31-33-35-37-39-41-43-45-47-49-51-61(79)74-56(57(78)50-48-46-44-42-40-38-36-34-32-24-22-20-18-16-14-12-10-8-6-4-2)55-87-71-67(85)64(82)69(59(53-76)89-71)92-73-68(86)65(83)70(60(54-77)90-73)91-72-66(84)63(81)62(80)58(52-75)88-72/h15,17,21,23,48,50,56-60,62-73,75-78,80-86H,3-14,16,18-20,22,24-47,49,51-55H2,1-2H3,(H,74,79)/b17-15-,23-21-,50-48+. The van der Waals surface area contributed by atoms with Crippen molar-refractivity contribution in [2.75, 3.05) is 26.4 Å². The maximum absolute atomic E-state index is 13.4. The summed E-state index contributed by atoms with van der Waals surface area (Å²) in [7, 11) is 0. The van der Waals surface area contributed by atoms with E-state index in [4.69, 9.17) is 28.4 Å². The molecule has 0 spiro atoms. The number of rotatable bonds is 58. The largest absolute Gasteiger partial charge is 0.394 e. The Balaban J connectivity index is 1.41. The highest BCUT2D eigenvalue weighted by Crippen LogP contribution is 2.33. The second kappa shape index (κ2) is 55.0. The van der Waals surface area contributed by atoms with Gasteiger partial charge in [-0.2, -0.15) is 0 Å². The second-order valence-electron chi connectivity index (χ2n) is 26.8. The highest BCUT2D eigenvalue weighted by molar-refractivity contribution is 5.76. The molecule has 17 unspecified atom stereocenters. The lowest BCUT2D eigenvalue weighted by Crippen LogP contribution is -2.66. The van der Waals surface area contributed by atoms with Gasteiger partial charge in [0.05, 0.1) is 38.6 Å². The Bertz CT molecular complexity index is 1810. The fourth-order valence-corrected chi connectivity index (χ4v) is 12.6. The number of unbranched alkanes of at least 4 members (excludes halogenated alkanes) is 38. The van der Waals surface area contributed by atoms with Gasteiger partial charge in [0, 0.05) is 6.42 Å². The number of hydrogen-bond acceptors (Lipinski definition) is 18. The summed E-state index contributed by atoms with van der Waals surface area (Å²) in [6.07, 6.45) is 38.3. The van der Waals surface area contributed by atoms with E-state index in [1.165, 1.54) is 212 Å². The van der Waals surface area contributed by atoms with Gasteiger partial charge in [-0.05, 0) is 51.4 Å². The Morgan fingerprint density at radius 1 is 0.391 bits per heavy atom. The molecule has 0 radical (unpaired) electrons. The minimum Gasteiger partial charge on any atom is -0.394 e. The van der Waals surface area contributed by atoms with E-state index in [1.54, 1.807) is 6.08 Å². The molecule has 3 saturated heterocycles. The van der Waals surface area contributed by atoms with Gasteiger partial charge in [-0.25, -0.2) is 0 Å². The van der Waals surface area contributed by atoms with Crippen LogP contribution >= 0.6 is 0 Å². The Morgan fingerprint density at radius 2 is 0.717 bits per heavy atom. The predicted octanol–water partition coefficient (Wildman–Crippen LogP) is 10.8. The maximum Gasteiger partial charge on any atom is 0.220 e. The molecule has 3 aliphatic rings. The molecule has 540 valence electrons. The molecule has 0 aromatic rings. The van der Waals surface area contributed by atoms with Crippen molar-refractivity contribution in [3.63, 3.8) is 0 Å². The topological polar surface area (TPSA) is 307 Å². The molecule has 3 aliphatic heterocycles. The van der Waals surface area contributed by atoms with Gasteiger partial charge in [0.1, 0.15) is 73.2 Å². The molecule has 0 saturated carbocycles. The Labute approximate surface area is 555 Å². The van der Waals surface area contributed by atoms with Crippen LogP contribution in [-0.2, 0) is 33.2 Å². The monoisotopic (exact) mass is 1310 g/mol. The van der Waals surface area contributed by atoms with E-state index >= 15 is 0 Å². The van der Waals surface area contributed by atoms with Crippen LogP contribution in [-0.4, -0.2) is 193 Å². The lowest BCUT2D eigenvalue weighted by molar-refractivity contribution is -0.379. The van der Waals surface area contributed by atoms with Gasteiger partial charge in [-0.15, -0.1) is 0 Å². The molecule has 19 nitrogen and oxygen atoms in total. The number of ether oxygens (including phenoxy) is 6. The number of nitrogens with one attached hydrogen (secondary N) is 1. The molecule has 0 bridgehead atoms. The van der Waals surface area contributed by atoms with E-state index in [-0.39, 0.29) is 18.9 Å². The molecule has 3 fully saturated rings. The number of aliphatic hydroxyl groups excluding tert-OH is 11. The van der Waals surface area contributed by atoms with E-state index in [9.17, 15) is 61.0 Å². The quantitative estimate of drug-likeness (QED) is 0.0199. The summed E-state index contributed by atoms with van der Waals surface area (Å²) >= 11 is 0. The van der Waals surface area contributed by atoms with Crippen molar-refractivity contribution in [2.45, 2.75) is 394 Å². The third kappa shape index (κ3) is 36.0. The van der Waals surface area contributed by atoms with Crippen LogP contribution in [0.1, 0.15) is 290 Å². The lowest BCUT2D eigenvalue weighted by Gasteiger charge is -2.48. The average Bonchev–Trinajstić information content (AvgIpc) is 0.854. The van der Waals surface area contributed by atoms with E-state index < -0.39 is 124 Å². The van der Waals surface area contributed by atoms with Crippen molar-refractivity contribution in [3.8, 4) is 0 Å². The fraction of sp³-hybridized carbons (Fsp3) is 0.904. The number of carbonyl (C=O) groups is 1. The van der Waals surface area contributed by atoms with Crippen LogP contribution in [0, 0.1) is 0 Å². The summed E-state index contributed by atoms with van der Waals surface area (Å²) in [4.78, 5) is 13.4. The summed E-state index contributed by atoms with van der Waals surface area (Å²) in [5, 5.41) is 121. The van der Waals surface area contributed by atoms with Crippen molar-refractivity contribution < 1.29 is 89.4 Å². The first-order valence-corrected chi connectivity index (χ1v) is 37.2. The summed E-state index contributed by atoms with van der Waals surface area (Å²) in [5.74, 6) is -0.272. The van der Waals surface area contributed by atoms with Gasteiger partial charge in [0.2, 0.25) is 5.91 Å². The molecular weight excluding hydrogens is 1180 g/mol. The molecule has 1 amide bonds. The summed E-state index contributed by atoms with van der Waals surface area (Å²) in [5.41, 5.74) is 0. The number of amides is 1. The zero-order valence-electron chi connectivity index (χ0n) is 57.3. The first kappa shape index (κ1) is 84.2. The molecule has 3 rings (SSSR count). The molecule has 0 aromatic carbocycles. The van der Waals surface area contributed by atoms with Gasteiger partial charge in [-0.1, -0.05) is 269 Å². The average molecular weight is 1310 g/mol. The van der Waals surface area contributed by atoms with Crippen molar-refractivity contribution >= 4 is 5.91 Å². The summed E-state index contributed by atoms with van der Waals surface area (Å²) in [6, 6.07) is -0.973.